The van der Waals surface area contributed by atoms with Gasteiger partial charge in [-0.15, -0.1) is 0 Å². The van der Waals surface area contributed by atoms with Crippen LogP contribution in [0.1, 0.15) is 45.6 Å². The lowest BCUT2D eigenvalue weighted by Gasteiger charge is -2.39. The molecule has 0 aromatic carbocycles. The molecule has 0 spiro atoms. The van der Waals surface area contributed by atoms with Crippen LogP contribution in [0.15, 0.2) is 18.3 Å². The molecule has 1 aliphatic heterocycles. The van der Waals surface area contributed by atoms with Crippen molar-refractivity contribution in [2.75, 3.05) is 31.1 Å². The molecular weight excluding hydrogens is 326 g/mol. The molecule has 2 unspecified atom stereocenters. The van der Waals surface area contributed by atoms with Crippen molar-refractivity contribution in [1.82, 2.24) is 15.2 Å². The lowest BCUT2D eigenvalue weighted by molar-refractivity contribution is -0.129. The number of nitrogens with two attached hydrogens (primary N) is 1. The predicted octanol–water partition coefficient (Wildman–Crippen LogP) is 1.75. The summed E-state index contributed by atoms with van der Waals surface area (Å²) in [5.41, 5.74) is 7.80. The predicted molar refractivity (Wildman–Crippen MR) is 105 cm³/mol. The molecule has 1 aromatic heterocycles. The van der Waals surface area contributed by atoms with Crippen molar-refractivity contribution in [2.45, 2.75) is 58.7 Å². The van der Waals surface area contributed by atoms with E-state index in [9.17, 15) is 4.79 Å². The Kier molecular flexibility index (Phi) is 5.82. The largest absolute Gasteiger partial charge is 0.353 e. The van der Waals surface area contributed by atoms with E-state index in [1.54, 1.807) is 6.92 Å². The van der Waals surface area contributed by atoms with Crippen LogP contribution in [0, 0.1) is 5.41 Å². The zero-order valence-electron chi connectivity index (χ0n) is 16.4. The third-order valence-electron chi connectivity index (χ3n) is 5.65. The first-order valence-corrected chi connectivity index (χ1v) is 9.77. The Labute approximate surface area is 157 Å². The average Bonchev–Trinajstić information content (AvgIpc) is 2.58. The molecule has 6 heteroatoms. The van der Waals surface area contributed by atoms with Crippen LogP contribution in [0.5, 0.6) is 0 Å². The first-order valence-electron chi connectivity index (χ1n) is 9.77. The molecule has 2 fully saturated rings. The number of pyridine rings is 1. The SMILES string of the molecule is CC(=O)N1CCN(c2cc(CNC3CC(N)CC(C)(C)C3)ccn2)CC1. The number of amides is 1. The van der Waals surface area contributed by atoms with Crippen LogP contribution in [0.25, 0.3) is 0 Å². The van der Waals surface area contributed by atoms with Crippen molar-refractivity contribution < 1.29 is 4.79 Å². The second-order valence-electron chi connectivity index (χ2n) is 8.66. The van der Waals surface area contributed by atoms with Gasteiger partial charge in [-0.2, -0.15) is 0 Å². The van der Waals surface area contributed by atoms with Crippen molar-refractivity contribution in [3.63, 3.8) is 0 Å². The number of anilines is 1. The van der Waals surface area contributed by atoms with Gasteiger partial charge in [-0.05, 0) is 42.4 Å². The topological polar surface area (TPSA) is 74.5 Å². The van der Waals surface area contributed by atoms with Crippen LogP contribution in [0.4, 0.5) is 5.82 Å². The van der Waals surface area contributed by atoms with Crippen LogP contribution >= 0.6 is 0 Å². The summed E-state index contributed by atoms with van der Waals surface area (Å²) in [5, 5.41) is 3.70. The molecule has 1 saturated heterocycles. The summed E-state index contributed by atoms with van der Waals surface area (Å²) in [6.07, 6.45) is 5.22. The Morgan fingerprint density at radius 3 is 2.69 bits per heavy atom. The minimum atomic E-state index is 0.157. The molecule has 1 aliphatic carbocycles. The highest BCUT2D eigenvalue weighted by Crippen LogP contribution is 2.34. The van der Waals surface area contributed by atoms with Gasteiger partial charge in [0.1, 0.15) is 5.82 Å². The van der Waals surface area contributed by atoms with Crippen LogP contribution < -0.4 is 16.0 Å². The fourth-order valence-corrected chi connectivity index (χ4v) is 4.40. The van der Waals surface area contributed by atoms with Crippen molar-refractivity contribution in [2.24, 2.45) is 11.1 Å². The fourth-order valence-electron chi connectivity index (χ4n) is 4.40. The molecule has 2 heterocycles. The highest BCUT2D eigenvalue weighted by atomic mass is 16.2. The van der Waals surface area contributed by atoms with Gasteiger partial charge in [-0.3, -0.25) is 4.79 Å². The molecule has 144 valence electrons. The zero-order valence-corrected chi connectivity index (χ0v) is 16.4. The number of carbonyl (C=O) groups is 1. The standard InChI is InChI=1S/C20H33N5O/c1-15(26)24-6-8-25(9-7-24)19-10-16(4-5-22-19)14-23-18-11-17(21)12-20(2,3)13-18/h4-5,10,17-18,23H,6-9,11-14,21H2,1-3H3. The lowest BCUT2D eigenvalue weighted by atomic mass is 9.73. The van der Waals surface area contributed by atoms with Crippen LogP contribution in [-0.2, 0) is 11.3 Å². The van der Waals surface area contributed by atoms with E-state index in [4.69, 9.17) is 5.73 Å². The zero-order chi connectivity index (χ0) is 18.7. The van der Waals surface area contributed by atoms with Gasteiger partial charge in [0.15, 0.2) is 0 Å². The van der Waals surface area contributed by atoms with Gasteiger partial charge in [0.05, 0.1) is 0 Å². The summed E-state index contributed by atoms with van der Waals surface area (Å²) >= 11 is 0. The van der Waals surface area contributed by atoms with E-state index in [1.807, 2.05) is 11.1 Å². The fraction of sp³-hybridized carbons (Fsp3) is 0.700. The number of nitrogens with one attached hydrogen (secondary N) is 1. The van der Waals surface area contributed by atoms with E-state index in [0.29, 0.717) is 17.5 Å². The summed E-state index contributed by atoms with van der Waals surface area (Å²) in [5.74, 6) is 1.16. The Morgan fingerprint density at radius 2 is 2.04 bits per heavy atom. The summed E-state index contributed by atoms with van der Waals surface area (Å²) in [4.78, 5) is 20.2. The number of nitrogens with zero attached hydrogens (tertiary/aromatic N) is 3. The normalized spacial score (nSPS) is 26.0. The molecule has 3 N–H and O–H groups in total. The highest BCUT2D eigenvalue weighted by molar-refractivity contribution is 5.73. The Morgan fingerprint density at radius 1 is 1.31 bits per heavy atom. The summed E-state index contributed by atoms with van der Waals surface area (Å²) in [6.45, 7) is 10.3. The maximum absolute atomic E-state index is 11.5. The van der Waals surface area contributed by atoms with E-state index in [2.05, 4.69) is 41.2 Å². The van der Waals surface area contributed by atoms with Crippen molar-refractivity contribution in [1.29, 1.82) is 0 Å². The van der Waals surface area contributed by atoms with Gasteiger partial charge in [0, 0.05) is 57.9 Å². The maximum atomic E-state index is 11.5. The smallest absolute Gasteiger partial charge is 0.219 e. The average molecular weight is 360 g/mol. The minimum absolute atomic E-state index is 0.157. The van der Waals surface area contributed by atoms with Gasteiger partial charge >= 0.3 is 0 Å². The monoisotopic (exact) mass is 359 g/mol. The molecule has 1 amide bonds. The molecule has 6 nitrogen and oxygen atoms in total. The molecule has 1 saturated carbocycles. The Bertz CT molecular complexity index is 624. The number of rotatable bonds is 4. The summed E-state index contributed by atoms with van der Waals surface area (Å²) < 4.78 is 0. The summed E-state index contributed by atoms with van der Waals surface area (Å²) in [7, 11) is 0. The minimum Gasteiger partial charge on any atom is -0.353 e. The van der Waals surface area contributed by atoms with Crippen LogP contribution in [0.3, 0.4) is 0 Å². The molecule has 0 radical (unpaired) electrons. The molecule has 26 heavy (non-hydrogen) atoms. The van der Waals surface area contributed by atoms with E-state index >= 15 is 0 Å². The Balaban J connectivity index is 1.55. The Hall–Kier alpha value is -1.66. The first kappa shape index (κ1) is 19.1. The second-order valence-corrected chi connectivity index (χ2v) is 8.66. The molecule has 2 atom stereocenters. The van der Waals surface area contributed by atoms with Gasteiger partial charge < -0.3 is 20.9 Å². The third-order valence-corrected chi connectivity index (χ3v) is 5.65. The second kappa shape index (κ2) is 7.92. The van der Waals surface area contributed by atoms with Crippen molar-refractivity contribution >= 4 is 11.7 Å². The third kappa shape index (κ3) is 4.95. The molecule has 0 bridgehead atoms. The maximum Gasteiger partial charge on any atom is 0.219 e. The number of hydrogen-bond acceptors (Lipinski definition) is 5. The molecule has 3 rings (SSSR count). The van der Waals surface area contributed by atoms with E-state index < -0.39 is 0 Å². The first-order chi connectivity index (χ1) is 12.3. The molecular formula is C20H33N5O. The van der Waals surface area contributed by atoms with Gasteiger partial charge in [0.2, 0.25) is 5.91 Å². The van der Waals surface area contributed by atoms with Gasteiger partial charge in [-0.1, -0.05) is 13.8 Å². The number of aromatic nitrogens is 1. The quantitative estimate of drug-likeness (QED) is 0.857. The number of hydrogen-bond donors (Lipinski definition) is 2. The van der Waals surface area contributed by atoms with Crippen molar-refractivity contribution in [3.8, 4) is 0 Å². The van der Waals surface area contributed by atoms with Crippen LogP contribution in [-0.4, -0.2) is 54.1 Å². The molecule has 1 aromatic rings. The molecule has 2 aliphatic rings. The van der Waals surface area contributed by atoms with E-state index in [-0.39, 0.29) is 5.91 Å². The van der Waals surface area contributed by atoms with E-state index in [0.717, 1.165) is 51.4 Å². The highest BCUT2D eigenvalue weighted by Gasteiger charge is 2.32. The van der Waals surface area contributed by atoms with Crippen molar-refractivity contribution in [3.05, 3.63) is 23.9 Å². The van der Waals surface area contributed by atoms with Gasteiger partial charge in [0.25, 0.3) is 0 Å². The lowest BCUT2D eigenvalue weighted by Crippen LogP contribution is -2.48. The van der Waals surface area contributed by atoms with Gasteiger partial charge in [-0.25, -0.2) is 4.98 Å². The van der Waals surface area contributed by atoms with E-state index in [1.165, 1.54) is 12.0 Å². The summed E-state index contributed by atoms with van der Waals surface area (Å²) in [6, 6.07) is 5.02. The number of piperazine rings is 1. The van der Waals surface area contributed by atoms with Crippen LogP contribution in [0.2, 0.25) is 0 Å². The number of carbonyl (C=O) groups excluding carboxylic acids is 1.